The zero-order valence-electron chi connectivity index (χ0n) is 13.0. The molecule has 0 aliphatic rings. The van der Waals surface area contributed by atoms with Gasteiger partial charge in [-0.3, -0.25) is 4.79 Å². The molecule has 1 N–H and O–H groups in total. The van der Waals surface area contributed by atoms with Crippen LogP contribution in [-0.2, 0) is 22.7 Å². The van der Waals surface area contributed by atoms with Gasteiger partial charge in [-0.2, -0.15) is 0 Å². The molecular formula is C15H19N5O3. The zero-order valence-corrected chi connectivity index (χ0v) is 13.0. The topological polar surface area (TPSA) is 99.0 Å². The Balaban J connectivity index is 1.88. The van der Waals surface area contributed by atoms with Gasteiger partial charge >= 0.3 is 6.09 Å². The SMILES string of the molecule is CC(C)C(NC(=O)OCc1ccccc1)C(=O)Cn1cnnn1. The number of ether oxygens (including phenoxy) is 1. The third-order valence-corrected chi connectivity index (χ3v) is 3.21. The van der Waals surface area contributed by atoms with E-state index in [1.807, 2.05) is 44.2 Å². The maximum Gasteiger partial charge on any atom is 0.408 e. The molecular weight excluding hydrogens is 298 g/mol. The standard InChI is InChI=1S/C15H19N5O3/c1-11(2)14(13(21)8-20-10-16-18-19-20)17-15(22)23-9-12-6-4-3-5-7-12/h3-7,10-11,14H,8-9H2,1-2H3,(H,17,22). The number of amides is 1. The van der Waals surface area contributed by atoms with Crippen LogP contribution < -0.4 is 5.32 Å². The molecule has 1 unspecified atom stereocenters. The van der Waals surface area contributed by atoms with E-state index in [0.717, 1.165) is 5.56 Å². The number of alkyl carbamates (subject to hydrolysis) is 1. The Morgan fingerprint density at radius 3 is 2.61 bits per heavy atom. The summed E-state index contributed by atoms with van der Waals surface area (Å²) < 4.78 is 6.46. The van der Waals surface area contributed by atoms with Crippen LogP contribution in [0, 0.1) is 5.92 Å². The molecule has 0 saturated carbocycles. The highest BCUT2D eigenvalue weighted by Gasteiger charge is 2.25. The number of rotatable bonds is 7. The third-order valence-electron chi connectivity index (χ3n) is 3.21. The van der Waals surface area contributed by atoms with E-state index in [2.05, 4.69) is 20.8 Å². The second-order valence-electron chi connectivity index (χ2n) is 5.40. The fraction of sp³-hybridized carbons (Fsp3) is 0.400. The van der Waals surface area contributed by atoms with Gasteiger partial charge in [-0.1, -0.05) is 44.2 Å². The molecule has 1 aromatic carbocycles. The molecule has 23 heavy (non-hydrogen) atoms. The van der Waals surface area contributed by atoms with Crippen molar-refractivity contribution in [3.63, 3.8) is 0 Å². The van der Waals surface area contributed by atoms with Gasteiger partial charge in [0.25, 0.3) is 0 Å². The lowest BCUT2D eigenvalue weighted by molar-refractivity contribution is -0.122. The molecule has 0 aliphatic carbocycles. The molecule has 122 valence electrons. The summed E-state index contributed by atoms with van der Waals surface area (Å²) in [5, 5.41) is 13.2. The number of carbonyl (C=O) groups excluding carboxylic acids is 2. The number of hydrogen-bond acceptors (Lipinski definition) is 6. The van der Waals surface area contributed by atoms with Crippen molar-refractivity contribution >= 4 is 11.9 Å². The fourth-order valence-electron chi connectivity index (χ4n) is 2.02. The molecule has 0 aliphatic heterocycles. The summed E-state index contributed by atoms with van der Waals surface area (Å²) in [5.41, 5.74) is 0.878. The minimum atomic E-state index is -0.664. The van der Waals surface area contributed by atoms with Gasteiger partial charge in [0.2, 0.25) is 0 Å². The van der Waals surface area contributed by atoms with E-state index < -0.39 is 12.1 Å². The van der Waals surface area contributed by atoms with Crippen LogP contribution in [-0.4, -0.2) is 38.1 Å². The van der Waals surface area contributed by atoms with E-state index in [1.54, 1.807) is 0 Å². The highest BCUT2D eigenvalue weighted by atomic mass is 16.5. The minimum Gasteiger partial charge on any atom is -0.445 e. The number of nitrogens with one attached hydrogen (secondary N) is 1. The van der Waals surface area contributed by atoms with E-state index in [0.29, 0.717) is 0 Å². The number of aromatic nitrogens is 4. The molecule has 0 fully saturated rings. The van der Waals surface area contributed by atoms with Crippen LogP contribution in [0.2, 0.25) is 0 Å². The molecule has 0 spiro atoms. The molecule has 2 rings (SSSR count). The lowest BCUT2D eigenvalue weighted by Gasteiger charge is -2.20. The van der Waals surface area contributed by atoms with E-state index >= 15 is 0 Å². The molecule has 2 aromatic rings. The molecule has 8 nitrogen and oxygen atoms in total. The van der Waals surface area contributed by atoms with Gasteiger partial charge in [0.05, 0.1) is 6.04 Å². The van der Waals surface area contributed by atoms with E-state index in [4.69, 9.17) is 4.74 Å². The van der Waals surface area contributed by atoms with Gasteiger partial charge < -0.3 is 10.1 Å². The number of nitrogens with zero attached hydrogens (tertiary/aromatic N) is 4. The lowest BCUT2D eigenvalue weighted by atomic mass is 10.00. The molecule has 1 amide bonds. The second kappa shape index (κ2) is 8.02. The molecule has 1 aromatic heterocycles. The smallest absolute Gasteiger partial charge is 0.408 e. The Kier molecular flexibility index (Phi) is 5.79. The summed E-state index contributed by atoms with van der Waals surface area (Å²) in [6.07, 6.45) is 0.723. The minimum absolute atomic E-state index is 0.00515. The first-order valence-electron chi connectivity index (χ1n) is 7.27. The largest absolute Gasteiger partial charge is 0.445 e. The zero-order chi connectivity index (χ0) is 16.7. The Bertz CT molecular complexity index is 628. The maximum atomic E-state index is 12.3. The van der Waals surface area contributed by atoms with Crippen molar-refractivity contribution in [2.45, 2.75) is 33.0 Å². The summed E-state index contributed by atoms with van der Waals surface area (Å²) >= 11 is 0. The van der Waals surface area contributed by atoms with Crippen molar-refractivity contribution in [1.29, 1.82) is 0 Å². The van der Waals surface area contributed by atoms with Crippen LogP contribution >= 0.6 is 0 Å². The Labute approximate surface area is 133 Å². The van der Waals surface area contributed by atoms with E-state index in [9.17, 15) is 9.59 Å². The van der Waals surface area contributed by atoms with Crippen molar-refractivity contribution in [2.24, 2.45) is 5.92 Å². The van der Waals surface area contributed by atoms with Crippen LogP contribution in [0.5, 0.6) is 0 Å². The quantitative estimate of drug-likeness (QED) is 0.823. The van der Waals surface area contributed by atoms with Crippen molar-refractivity contribution in [3.05, 3.63) is 42.2 Å². The number of ketones is 1. The first-order valence-corrected chi connectivity index (χ1v) is 7.27. The van der Waals surface area contributed by atoms with Gasteiger partial charge in [-0.05, 0) is 21.9 Å². The summed E-state index contributed by atoms with van der Waals surface area (Å²) in [6.45, 7) is 3.84. The van der Waals surface area contributed by atoms with Gasteiger partial charge in [0, 0.05) is 0 Å². The number of benzene rings is 1. The molecule has 0 bridgehead atoms. The van der Waals surface area contributed by atoms with Crippen molar-refractivity contribution < 1.29 is 14.3 Å². The number of hydrogen-bond donors (Lipinski definition) is 1. The predicted molar refractivity (Wildman–Crippen MR) is 81.2 cm³/mol. The van der Waals surface area contributed by atoms with Crippen LogP contribution in [0.15, 0.2) is 36.7 Å². The summed E-state index contributed by atoms with van der Waals surface area (Å²) in [4.78, 5) is 24.2. The molecule has 1 heterocycles. The van der Waals surface area contributed by atoms with Crippen molar-refractivity contribution in [3.8, 4) is 0 Å². The molecule has 8 heteroatoms. The fourth-order valence-corrected chi connectivity index (χ4v) is 2.02. The monoisotopic (exact) mass is 317 g/mol. The van der Waals surface area contributed by atoms with Gasteiger partial charge in [-0.25, -0.2) is 9.48 Å². The lowest BCUT2D eigenvalue weighted by Crippen LogP contribution is -2.46. The van der Waals surface area contributed by atoms with Crippen LogP contribution in [0.1, 0.15) is 19.4 Å². The second-order valence-corrected chi connectivity index (χ2v) is 5.40. The van der Waals surface area contributed by atoms with Crippen molar-refractivity contribution in [2.75, 3.05) is 0 Å². The summed E-state index contributed by atoms with van der Waals surface area (Å²) in [5.74, 6) is -0.271. The number of Topliss-reactive ketones (excluding diaryl/α,β-unsaturated/α-hetero) is 1. The molecule has 1 atom stereocenters. The normalized spacial score (nSPS) is 12.0. The average molecular weight is 317 g/mol. The first kappa shape index (κ1) is 16.6. The average Bonchev–Trinajstić information content (AvgIpc) is 3.04. The van der Waals surface area contributed by atoms with Crippen molar-refractivity contribution in [1.82, 2.24) is 25.5 Å². The summed E-state index contributed by atoms with van der Waals surface area (Å²) in [6, 6.07) is 8.66. The predicted octanol–water partition coefficient (Wildman–Crippen LogP) is 1.19. The van der Waals surface area contributed by atoms with Gasteiger partial charge in [0.15, 0.2) is 5.78 Å². The molecule has 0 radical (unpaired) electrons. The van der Waals surface area contributed by atoms with Gasteiger partial charge in [0.1, 0.15) is 19.5 Å². The van der Waals surface area contributed by atoms with Crippen LogP contribution in [0.3, 0.4) is 0 Å². The highest BCUT2D eigenvalue weighted by Crippen LogP contribution is 2.06. The number of carbonyl (C=O) groups is 2. The first-order chi connectivity index (χ1) is 11.1. The van der Waals surface area contributed by atoms with E-state index in [1.165, 1.54) is 11.0 Å². The number of tetrazole rings is 1. The van der Waals surface area contributed by atoms with Crippen LogP contribution in [0.4, 0.5) is 4.79 Å². The Hall–Kier alpha value is -2.77. The summed E-state index contributed by atoms with van der Waals surface area (Å²) in [7, 11) is 0. The van der Waals surface area contributed by atoms with Gasteiger partial charge in [-0.15, -0.1) is 5.10 Å². The van der Waals surface area contributed by atoms with Crippen LogP contribution in [0.25, 0.3) is 0 Å². The third kappa shape index (κ3) is 5.17. The van der Waals surface area contributed by atoms with E-state index in [-0.39, 0.29) is 24.9 Å². The Morgan fingerprint density at radius 2 is 2.00 bits per heavy atom. The highest BCUT2D eigenvalue weighted by molar-refractivity contribution is 5.87. The molecule has 0 saturated heterocycles. The maximum absolute atomic E-state index is 12.3. The Morgan fingerprint density at radius 1 is 1.26 bits per heavy atom.